The summed E-state index contributed by atoms with van der Waals surface area (Å²) in [4.78, 5) is 32.7. The van der Waals surface area contributed by atoms with E-state index < -0.39 is 0 Å². The van der Waals surface area contributed by atoms with E-state index in [0.29, 0.717) is 38.2 Å². The van der Waals surface area contributed by atoms with E-state index >= 15 is 0 Å². The quantitative estimate of drug-likeness (QED) is 0.225. The van der Waals surface area contributed by atoms with Gasteiger partial charge in [-0.1, -0.05) is 59.7 Å². The van der Waals surface area contributed by atoms with Crippen molar-refractivity contribution in [2.45, 2.75) is 46.1 Å². The molecule has 1 heterocycles. The topological polar surface area (TPSA) is 114 Å². The predicted octanol–water partition coefficient (Wildman–Crippen LogP) is 4.30. The van der Waals surface area contributed by atoms with Crippen LogP contribution in [0.2, 0.25) is 0 Å². The van der Waals surface area contributed by atoms with Crippen LogP contribution in [-0.2, 0) is 11.3 Å². The summed E-state index contributed by atoms with van der Waals surface area (Å²) in [6, 6.07) is 20.2. The number of hydrogen-bond acceptors (Lipinski definition) is 3. The fourth-order valence-electron chi connectivity index (χ4n) is 5.51. The highest BCUT2D eigenvalue weighted by molar-refractivity contribution is 5.98. The van der Waals surface area contributed by atoms with Crippen LogP contribution in [0.15, 0.2) is 65.7 Å². The van der Waals surface area contributed by atoms with Crippen molar-refractivity contribution in [2.75, 3.05) is 19.6 Å². The van der Waals surface area contributed by atoms with Gasteiger partial charge in [-0.2, -0.15) is 0 Å². The summed E-state index contributed by atoms with van der Waals surface area (Å²) in [7, 11) is 0. The SMILES string of the molecule is Cc1cc(C)cc(CN2CCC(CNC(=O)c3ccc4ccccc4c3)C[C@@H](CCCN=C(N)N)C2=O)c1. The lowest BCUT2D eigenvalue weighted by molar-refractivity contribution is -0.135. The second-order valence-corrected chi connectivity index (χ2v) is 10.6. The number of carbonyl (C=O) groups is 2. The Balaban J connectivity index is 1.44. The molecule has 7 heteroatoms. The average molecular weight is 514 g/mol. The van der Waals surface area contributed by atoms with Gasteiger partial charge in [-0.25, -0.2) is 0 Å². The van der Waals surface area contributed by atoms with Gasteiger partial charge in [0.1, 0.15) is 0 Å². The van der Waals surface area contributed by atoms with Crippen molar-refractivity contribution in [1.29, 1.82) is 0 Å². The molecule has 1 aliphatic heterocycles. The van der Waals surface area contributed by atoms with Crippen molar-refractivity contribution in [3.05, 3.63) is 82.9 Å². The molecule has 1 unspecified atom stereocenters. The molecule has 7 nitrogen and oxygen atoms in total. The maximum Gasteiger partial charge on any atom is 0.251 e. The second-order valence-electron chi connectivity index (χ2n) is 10.6. The number of carbonyl (C=O) groups excluding carboxylic acids is 2. The van der Waals surface area contributed by atoms with E-state index in [-0.39, 0.29) is 29.6 Å². The molecule has 0 radical (unpaired) electrons. The number of nitrogens with one attached hydrogen (secondary N) is 1. The van der Waals surface area contributed by atoms with E-state index in [4.69, 9.17) is 11.5 Å². The summed E-state index contributed by atoms with van der Waals surface area (Å²) in [5, 5.41) is 5.29. The van der Waals surface area contributed by atoms with Crippen molar-refractivity contribution in [2.24, 2.45) is 28.3 Å². The van der Waals surface area contributed by atoms with Gasteiger partial charge >= 0.3 is 0 Å². The summed E-state index contributed by atoms with van der Waals surface area (Å²) >= 11 is 0. The van der Waals surface area contributed by atoms with E-state index in [1.54, 1.807) is 0 Å². The Kier molecular flexibility index (Phi) is 9.00. The highest BCUT2D eigenvalue weighted by Gasteiger charge is 2.31. The highest BCUT2D eigenvalue weighted by Crippen LogP contribution is 2.28. The molecular weight excluding hydrogens is 474 g/mol. The lowest BCUT2D eigenvalue weighted by atomic mass is 9.89. The lowest BCUT2D eigenvalue weighted by Crippen LogP contribution is -2.34. The minimum absolute atomic E-state index is 0.0721. The Morgan fingerprint density at radius 1 is 1.03 bits per heavy atom. The predicted molar refractivity (Wildman–Crippen MR) is 154 cm³/mol. The number of guanidine groups is 1. The van der Waals surface area contributed by atoms with Crippen LogP contribution in [0.4, 0.5) is 0 Å². The maximum absolute atomic E-state index is 13.6. The molecule has 0 aliphatic carbocycles. The number of aliphatic imine (C=N–C) groups is 1. The first-order valence-corrected chi connectivity index (χ1v) is 13.5. The van der Waals surface area contributed by atoms with Crippen LogP contribution in [-0.4, -0.2) is 42.3 Å². The van der Waals surface area contributed by atoms with Gasteiger partial charge in [0.15, 0.2) is 5.96 Å². The summed E-state index contributed by atoms with van der Waals surface area (Å²) in [6.45, 7) is 6.49. The number of aryl methyl sites for hydroxylation is 2. The van der Waals surface area contributed by atoms with Gasteiger partial charge < -0.3 is 21.7 Å². The van der Waals surface area contributed by atoms with Crippen molar-refractivity contribution in [3.63, 3.8) is 0 Å². The highest BCUT2D eigenvalue weighted by atomic mass is 16.2. The molecule has 2 atom stereocenters. The van der Waals surface area contributed by atoms with Crippen LogP contribution < -0.4 is 16.8 Å². The Morgan fingerprint density at radius 2 is 1.76 bits per heavy atom. The maximum atomic E-state index is 13.6. The molecule has 0 bridgehead atoms. The fourth-order valence-corrected chi connectivity index (χ4v) is 5.51. The van der Waals surface area contributed by atoms with Gasteiger partial charge in [-0.15, -0.1) is 0 Å². The number of hydrogen-bond donors (Lipinski definition) is 3. The molecule has 38 heavy (non-hydrogen) atoms. The lowest BCUT2D eigenvalue weighted by Gasteiger charge is -2.25. The van der Waals surface area contributed by atoms with Gasteiger partial charge in [0, 0.05) is 37.7 Å². The van der Waals surface area contributed by atoms with Gasteiger partial charge in [-0.3, -0.25) is 14.6 Å². The zero-order valence-electron chi connectivity index (χ0n) is 22.5. The third kappa shape index (κ3) is 7.34. The number of rotatable bonds is 9. The Morgan fingerprint density at radius 3 is 2.50 bits per heavy atom. The zero-order chi connectivity index (χ0) is 27.1. The first-order valence-electron chi connectivity index (χ1n) is 13.5. The van der Waals surface area contributed by atoms with Crippen molar-refractivity contribution in [3.8, 4) is 0 Å². The minimum Gasteiger partial charge on any atom is -0.370 e. The Hall–Kier alpha value is -3.87. The van der Waals surface area contributed by atoms with Crippen LogP contribution in [0.1, 0.15) is 52.7 Å². The molecule has 0 aromatic heterocycles. The Bertz CT molecular complexity index is 1290. The molecular formula is C31H39N5O2. The molecule has 3 aromatic rings. The minimum atomic E-state index is -0.125. The van der Waals surface area contributed by atoms with Gasteiger partial charge in [0.25, 0.3) is 5.91 Å². The molecule has 0 spiro atoms. The summed E-state index contributed by atoms with van der Waals surface area (Å²) < 4.78 is 0. The summed E-state index contributed by atoms with van der Waals surface area (Å²) in [5.74, 6) is 0.253. The normalized spacial score (nSPS) is 17.7. The van der Waals surface area contributed by atoms with Crippen LogP contribution in [0.3, 0.4) is 0 Å². The van der Waals surface area contributed by atoms with Gasteiger partial charge in [0.2, 0.25) is 5.91 Å². The van der Waals surface area contributed by atoms with Crippen LogP contribution in [0.25, 0.3) is 10.8 Å². The van der Waals surface area contributed by atoms with Gasteiger partial charge in [-0.05, 0) is 73.9 Å². The molecule has 1 fully saturated rings. The van der Waals surface area contributed by atoms with Crippen molar-refractivity contribution in [1.82, 2.24) is 10.2 Å². The van der Waals surface area contributed by atoms with Crippen LogP contribution in [0, 0.1) is 25.7 Å². The molecule has 4 rings (SSSR count). The Labute approximate surface area is 225 Å². The standard InChI is InChI=1S/C31H39N5O2/c1-21-14-22(2)16-24(15-21)20-36-13-11-23(17-28(30(36)38)8-5-12-34-31(32)33)19-35-29(37)27-10-9-25-6-3-4-7-26(25)18-27/h3-4,6-7,9-10,14-16,18,23,28H,5,8,11-13,17,19-20H2,1-2H3,(H,35,37)(H4,32,33,34)/t23?,28-/m1/s1. The van der Waals surface area contributed by atoms with Crippen LogP contribution in [0.5, 0.6) is 0 Å². The van der Waals surface area contributed by atoms with E-state index in [0.717, 1.165) is 35.6 Å². The first-order chi connectivity index (χ1) is 18.3. The second kappa shape index (κ2) is 12.6. The number of amides is 2. The molecule has 5 N–H and O–H groups in total. The third-order valence-electron chi connectivity index (χ3n) is 7.31. The number of nitrogens with zero attached hydrogens (tertiary/aromatic N) is 2. The molecule has 1 aliphatic rings. The smallest absolute Gasteiger partial charge is 0.251 e. The van der Waals surface area contributed by atoms with Gasteiger partial charge in [0.05, 0.1) is 0 Å². The number of likely N-dealkylation sites (tertiary alicyclic amines) is 1. The first kappa shape index (κ1) is 27.2. The van der Waals surface area contributed by atoms with E-state index in [1.165, 1.54) is 11.1 Å². The molecule has 3 aromatic carbocycles. The third-order valence-corrected chi connectivity index (χ3v) is 7.31. The van der Waals surface area contributed by atoms with Crippen molar-refractivity contribution < 1.29 is 9.59 Å². The number of benzene rings is 3. The summed E-state index contributed by atoms with van der Waals surface area (Å²) in [5.41, 5.74) is 15.2. The molecule has 0 saturated carbocycles. The van der Waals surface area contributed by atoms with Crippen LogP contribution >= 0.6 is 0 Å². The molecule has 200 valence electrons. The van der Waals surface area contributed by atoms with Crippen molar-refractivity contribution >= 4 is 28.5 Å². The monoisotopic (exact) mass is 513 g/mol. The summed E-state index contributed by atoms with van der Waals surface area (Å²) in [6.07, 6.45) is 3.04. The molecule has 2 amide bonds. The van der Waals surface area contributed by atoms with E-state index in [1.807, 2.05) is 47.4 Å². The van der Waals surface area contributed by atoms with E-state index in [9.17, 15) is 9.59 Å². The largest absolute Gasteiger partial charge is 0.370 e. The molecule has 1 saturated heterocycles. The fraction of sp³-hybridized carbons (Fsp3) is 0.387. The number of nitrogens with two attached hydrogens (primary N) is 2. The average Bonchev–Trinajstić information content (AvgIpc) is 3.03. The van der Waals surface area contributed by atoms with E-state index in [2.05, 4.69) is 42.4 Å². The zero-order valence-corrected chi connectivity index (χ0v) is 22.5. The number of fused-ring (bicyclic) bond motifs is 1.